The van der Waals surface area contributed by atoms with Gasteiger partial charge in [-0.25, -0.2) is 0 Å². The van der Waals surface area contributed by atoms with E-state index >= 15 is 0 Å². The van der Waals surface area contributed by atoms with Crippen LogP contribution in [-0.4, -0.2) is 28.4 Å². The lowest BCUT2D eigenvalue weighted by Crippen LogP contribution is -2.49. The van der Waals surface area contributed by atoms with Gasteiger partial charge in [-0.2, -0.15) is 11.8 Å². The van der Waals surface area contributed by atoms with Crippen molar-refractivity contribution in [2.75, 3.05) is 11.5 Å². The van der Waals surface area contributed by atoms with Gasteiger partial charge in [-0.05, 0) is 37.7 Å². The summed E-state index contributed by atoms with van der Waals surface area (Å²) in [4.78, 5) is 12.7. The van der Waals surface area contributed by atoms with Crippen molar-refractivity contribution in [1.82, 2.24) is 5.32 Å². The first-order valence-electron chi connectivity index (χ1n) is 6.71. The van der Waals surface area contributed by atoms with Crippen molar-refractivity contribution >= 4 is 34.9 Å². The van der Waals surface area contributed by atoms with Crippen LogP contribution in [0.2, 0.25) is 0 Å². The molecule has 0 aliphatic heterocycles. The van der Waals surface area contributed by atoms with Crippen LogP contribution in [0.1, 0.15) is 46.0 Å². The third-order valence-corrected chi connectivity index (χ3v) is 4.96. The summed E-state index contributed by atoms with van der Waals surface area (Å²) < 4.78 is 0. The van der Waals surface area contributed by atoms with E-state index in [4.69, 9.17) is 18.0 Å². The van der Waals surface area contributed by atoms with Crippen LogP contribution in [0.15, 0.2) is 0 Å². The van der Waals surface area contributed by atoms with E-state index in [9.17, 15) is 4.79 Å². The Kier molecular flexibility index (Phi) is 6.43. The quantitative estimate of drug-likeness (QED) is 0.558. The standard InChI is InChI=1S/C13H24N2OS2/c1-3-18-9-6-10(2)15-12(16)13(11(14)17)7-4-5-8-13/h10H,3-9H2,1-2H3,(H2,14,17)(H,15,16). The fraction of sp³-hybridized carbons (Fsp3) is 0.846. The number of carbonyl (C=O) groups is 1. The Bertz CT molecular complexity index is 301. The lowest BCUT2D eigenvalue weighted by molar-refractivity contribution is -0.127. The van der Waals surface area contributed by atoms with Crippen molar-refractivity contribution in [3.8, 4) is 0 Å². The Labute approximate surface area is 120 Å². The summed E-state index contributed by atoms with van der Waals surface area (Å²) in [6, 6.07) is 0.198. The molecule has 1 aliphatic rings. The van der Waals surface area contributed by atoms with Gasteiger partial charge in [0.25, 0.3) is 0 Å². The molecule has 0 aromatic carbocycles. The number of rotatable bonds is 7. The highest BCUT2D eigenvalue weighted by atomic mass is 32.2. The molecule has 18 heavy (non-hydrogen) atoms. The second-order valence-corrected chi connectivity index (χ2v) is 6.85. The zero-order valence-electron chi connectivity index (χ0n) is 11.3. The zero-order valence-corrected chi connectivity index (χ0v) is 13.0. The van der Waals surface area contributed by atoms with E-state index in [2.05, 4.69) is 19.2 Å². The first-order chi connectivity index (χ1) is 8.53. The maximum atomic E-state index is 12.4. The van der Waals surface area contributed by atoms with E-state index in [1.54, 1.807) is 0 Å². The highest BCUT2D eigenvalue weighted by molar-refractivity contribution is 7.99. The van der Waals surface area contributed by atoms with Crippen LogP contribution in [0, 0.1) is 5.41 Å². The van der Waals surface area contributed by atoms with Gasteiger partial charge in [0.1, 0.15) is 0 Å². The SMILES string of the molecule is CCSCCC(C)NC(=O)C1(C(N)=S)CCCC1. The monoisotopic (exact) mass is 288 g/mol. The second-order valence-electron chi connectivity index (χ2n) is 5.01. The lowest BCUT2D eigenvalue weighted by Gasteiger charge is -2.28. The molecular weight excluding hydrogens is 264 g/mol. The van der Waals surface area contributed by atoms with E-state index in [1.165, 1.54) is 0 Å². The third-order valence-electron chi connectivity index (χ3n) is 3.64. The van der Waals surface area contributed by atoms with Crippen LogP contribution < -0.4 is 11.1 Å². The molecule has 0 saturated heterocycles. The second kappa shape index (κ2) is 7.34. The summed E-state index contributed by atoms with van der Waals surface area (Å²) in [5, 5.41) is 3.08. The maximum Gasteiger partial charge on any atom is 0.233 e. The van der Waals surface area contributed by atoms with E-state index in [1.807, 2.05) is 11.8 Å². The fourth-order valence-electron chi connectivity index (χ4n) is 2.40. The van der Waals surface area contributed by atoms with Gasteiger partial charge in [0.15, 0.2) is 0 Å². The van der Waals surface area contributed by atoms with E-state index in [-0.39, 0.29) is 11.9 Å². The maximum absolute atomic E-state index is 12.4. The van der Waals surface area contributed by atoms with Crippen LogP contribution in [0.3, 0.4) is 0 Å². The third kappa shape index (κ3) is 3.85. The molecule has 5 heteroatoms. The summed E-state index contributed by atoms with van der Waals surface area (Å²) in [5.74, 6) is 2.25. The Morgan fingerprint density at radius 3 is 2.61 bits per heavy atom. The number of carbonyl (C=O) groups excluding carboxylic acids is 1. The zero-order chi connectivity index (χ0) is 13.6. The van der Waals surface area contributed by atoms with Gasteiger partial charge in [-0.1, -0.05) is 32.0 Å². The van der Waals surface area contributed by atoms with Gasteiger partial charge < -0.3 is 11.1 Å². The topological polar surface area (TPSA) is 55.1 Å². The Balaban J connectivity index is 2.50. The molecule has 0 radical (unpaired) electrons. The van der Waals surface area contributed by atoms with Gasteiger partial charge in [-0.3, -0.25) is 4.79 Å². The number of thiocarbonyl (C=S) groups is 1. The summed E-state index contributed by atoms with van der Waals surface area (Å²) in [5.41, 5.74) is 5.23. The largest absolute Gasteiger partial charge is 0.392 e. The van der Waals surface area contributed by atoms with E-state index < -0.39 is 5.41 Å². The average Bonchev–Trinajstić information content (AvgIpc) is 2.79. The molecule has 1 atom stereocenters. The first-order valence-corrected chi connectivity index (χ1v) is 8.28. The van der Waals surface area contributed by atoms with Crippen molar-refractivity contribution in [3.63, 3.8) is 0 Å². The molecular formula is C13H24N2OS2. The molecule has 3 N–H and O–H groups in total. The predicted molar refractivity (Wildman–Crippen MR) is 82.9 cm³/mol. The highest BCUT2D eigenvalue weighted by Crippen LogP contribution is 2.38. The molecule has 0 spiro atoms. The van der Waals surface area contributed by atoms with E-state index in [0.717, 1.165) is 43.6 Å². The van der Waals surface area contributed by atoms with Gasteiger partial charge in [0.05, 0.1) is 10.4 Å². The Morgan fingerprint density at radius 2 is 2.11 bits per heavy atom. The van der Waals surface area contributed by atoms with Crippen LogP contribution in [0.25, 0.3) is 0 Å². The van der Waals surface area contributed by atoms with Crippen molar-refractivity contribution in [2.45, 2.75) is 52.0 Å². The molecule has 1 rings (SSSR count). The molecule has 3 nitrogen and oxygen atoms in total. The summed E-state index contributed by atoms with van der Waals surface area (Å²) in [7, 11) is 0. The molecule has 0 aromatic heterocycles. The van der Waals surface area contributed by atoms with Crippen LogP contribution in [0.4, 0.5) is 0 Å². The number of hydrogen-bond donors (Lipinski definition) is 2. The van der Waals surface area contributed by atoms with Gasteiger partial charge >= 0.3 is 0 Å². The Hall–Kier alpha value is -0.290. The predicted octanol–water partition coefficient (Wildman–Crippen LogP) is 2.48. The van der Waals surface area contributed by atoms with Crippen molar-refractivity contribution in [2.24, 2.45) is 11.1 Å². The first kappa shape index (κ1) is 15.8. The fourth-order valence-corrected chi connectivity index (χ4v) is 3.51. The minimum Gasteiger partial charge on any atom is -0.392 e. The van der Waals surface area contributed by atoms with Crippen molar-refractivity contribution in [1.29, 1.82) is 0 Å². The number of hydrogen-bond acceptors (Lipinski definition) is 3. The molecule has 1 aliphatic carbocycles. The van der Waals surface area contributed by atoms with E-state index in [0.29, 0.717) is 4.99 Å². The van der Waals surface area contributed by atoms with Gasteiger partial charge in [0, 0.05) is 6.04 Å². The molecule has 1 unspecified atom stereocenters. The number of nitrogens with one attached hydrogen (secondary N) is 1. The minimum atomic E-state index is -0.568. The number of thioether (sulfide) groups is 1. The molecule has 0 aromatic rings. The molecule has 1 saturated carbocycles. The molecule has 0 heterocycles. The van der Waals surface area contributed by atoms with Gasteiger partial charge in [-0.15, -0.1) is 0 Å². The van der Waals surface area contributed by atoms with Crippen molar-refractivity contribution < 1.29 is 4.79 Å². The van der Waals surface area contributed by atoms with Gasteiger partial charge in [0.2, 0.25) is 5.91 Å². The average molecular weight is 288 g/mol. The minimum absolute atomic E-state index is 0.0431. The van der Waals surface area contributed by atoms with Crippen LogP contribution in [0.5, 0.6) is 0 Å². The summed E-state index contributed by atoms with van der Waals surface area (Å²) >= 11 is 7.02. The van der Waals surface area contributed by atoms with Crippen LogP contribution >= 0.6 is 24.0 Å². The molecule has 0 bridgehead atoms. The molecule has 104 valence electrons. The smallest absolute Gasteiger partial charge is 0.233 e. The Morgan fingerprint density at radius 1 is 1.50 bits per heavy atom. The highest BCUT2D eigenvalue weighted by Gasteiger charge is 2.44. The van der Waals surface area contributed by atoms with Crippen LogP contribution in [-0.2, 0) is 4.79 Å². The normalized spacial score (nSPS) is 19.4. The van der Waals surface area contributed by atoms with Crippen molar-refractivity contribution in [3.05, 3.63) is 0 Å². The molecule has 1 amide bonds. The summed E-state index contributed by atoms with van der Waals surface area (Å²) in [6.45, 7) is 4.20. The molecule has 1 fully saturated rings. The number of amides is 1. The summed E-state index contributed by atoms with van der Waals surface area (Å²) in [6.07, 6.45) is 4.71. The lowest BCUT2D eigenvalue weighted by atomic mass is 9.85. The number of nitrogens with two attached hydrogens (primary N) is 1.